The highest BCUT2D eigenvalue weighted by molar-refractivity contribution is 5.68. The molecular formula is C23H27FN4O12. The summed E-state index contributed by atoms with van der Waals surface area (Å²) in [5.74, 6) is -2.95. The highest BCUT2D eigenvalue weighted by Crippen LogP contribution is 2.33. The lowest BCUT2D eigenvalue weighted by Gasteiger charge is -2.23. The minimum atomic E-state index is -1.20. The van der Waals surface area contributed by atoms with Crippen LogP contribution in [0.25, 0.3) is 0 Å². The van der Waals surface area contributed by atoms with Gasteiger partial charge in [-0.15, -0.1) is 0 Å². The molecule has 0 saturated carbocycles. The van der Waals surface area contributed by atoms with Gasteiger partial charge in [-0.25, -0.2) is 9.59 Å². The second-order valence-corrected chi connectivity index (χ2v) is 8.64. The van der Waals surface area contributed by atoms with Gasteiger partial charge in [0.25, 0.3) is 11.1 Å². The summed E-state index contributed by atoms with van der Waals surface area (Å²) < 4.78 is 41.0. The first-order valence-corrected chi connectivity index (χ1v) is 11.9. The molecule has 1 unspecified atom stereocenters. The smallest absolute Gasteiger partial charge is 0.330 e. The molecule has 17 heteroatoms. The van der Waals surface area contributed by atoms with Gasteiger partial charge in [-0.05, 0) is 12.8 Å². The number of aromatic nitrogens is 4. The van der Waals surface area contributed by atoms with Crippen LogP contribution in [0.15, 0.2) is 37.6 Å². The van der Waals surface area contributed by atoms with Crippen LogP contribution in [0.3, 0.4) is 0 Å². The number of H-pyrrole nitrogens is 2. The predicted octanol–water partition coefficient (Wildman–Crippen LogP) is -1.15. The average Bonchev–Trinajstić information content (AvgIpc) is 3.49. The van der Waals surface area contributed by atoms with E-state index in [9.17, 15) is 38.0 Å². The summed E-state index contributed by atoms with van der Waals surface area (Å²) in [4.78, 5) is 83.2. The largest absolute Gasteiger partial charge is 0.463 e. The first kappa shape index (κ1) is 30.2. The number of hydrogen-bond acceptors (Lipinski definition) is 12. The van der Waals surface area contributed by atoms with E-state index in [1.165, 1.54) is 6.92 Å². The Hall–Kier alpha value is -4.38. The maximum atomic E-state index is 12.9. The van der Waals surface area contributed by atoms with E-state index >= 15 is 0 Å². The van der Waals surface area contributed by atoms with Crippen LogP contribution in [-0.2, 0) is 38.1 Å². The molecule has 2 fully saturated rings. The maximum Gasteiger partial charge on any atom is 0.330 e. The third-order valence-electron chi connectivity index (χ3n) is 5.61. The molecule has 0 spiro atoms. The lowest BCUT2D eigenvalue weighted by molar-refractivity contribution is -0.166. The van der Waals surface area contributed by atoms with Gasteiger partial charge in [0.05, 0.1) is 6.20 Å². The molecule has 0 radical (unpaired) electrons. The summed E-state index contributed by atoms with van der Waals surface area (Å²) in [6, 6.07) is 1.08. The summed E-state index contributed by atoms with van der Waals surface area (Å²) >= 11 is 0. The van der Waals surface area contributed by atoms with Gasteiger partial charge in [0.2, 0.25) is 5.82 Å². The molecule has 0 amide bonds. The fourth-order valence-corrected chi connectivity index (χ4v) is 4.00. The fraction of sp³-hybridized carbons (Fsp3) is 0.522. The number of hydrogen-bond donors (Lipinski definition) is 2. The van der Waals surface area contributed by atoms with Crippen molar-refractivity contribution in [2.75, 3.05) is 13.2 Å². The molecule has 2 saturated heterocycles. The SMILES string of the molecule is CC(=O)OC[C@H]1O[C@@H](n2ccc(=O)[nH]c2=O)[C@H](OC(C)=O)[C@@H]1OC(C)=O.O=c1[nH]c(=O)n(C2CCCO2)cc1F. The molecule has 0 aromatic carbocycles. The number of rotatable bonds is 6. The second kappa shape index (κ2) is 13.1. The Kier molecular flexibility index (Phi) is 9.89. The maximum absolute atomic E-state index is 12.9. The van der Waals surface area contributed by atoms with Crippen molar-refractivity contribution in [3.8, 4) is 0 Å². The third kappa shape index (κ3) is 7.60. The third-order valence-corrected chi connectivity index (χ3v) is 5.61. The molecule has 2 aliphatic heterocycles. The Morgan fingerprint density at radius 3 is 2.20 bits per heavy atom. The van der Waals surface area contributed by atoms with E-state index in [0.717, 1.165) is 47.9 Å². The lowest BCUT2D eigenvalue weighted by atomic mass is 10.1. The minimum Gasteiger partial charge on any atom is -0.463 e. The van der Waals surface area contributed by atoms with Gasteiger partial charge >= 0.3 is 29.3 Å². The molecule has 2 aliphatic rings. The average molecular weight is 570 g/mol. The van der Waals surface area contributed by atoms with Crippen molar-refractivity contribution >= 4 is 17.9 Å². The van der Waals surface area contributed by atoms with Crippen molar-refractivity contribution < 1.29 is 42.5 Å². The summed E-state index contributed by atoms with van der Waals surface area (Å²) in [5.41, 5.74) is -3.07. The number of halogens is 1. The van der Waals surface area contributed by atoms with Crippen LogP contribution in [0.1, 0.15) is 46.1 Å². The standard InChI is InChI=1S/C15H18N2O9.C8H9FN2O3/c1-7(18)23-6-10-12(24-8(2)19)13(25-9(3)20)14(26-10)17-5-4-11(21)16-15(17)22;9-5-4-11(6-2-1-3-14-6)8(13)10-7(5)12/h4-5,10,12-14H,6H2,1-3H3,(H,16,21,22);4,6H,1-3H2,(H,10,12,13)/t10-,12-,13-,14-;/m1./s1. The quantitative estimate of drug-likeness (QED) is 0.312. The molecule has 40 heavy (non-hydrogen) atoms. The zero-order valence-corrected chi connectivity index (χ0v) is 21.6. The summed E-state index contributed by atoms with van der Waals surface area (Å²) in [5, 5.41) is 0. The number of ether oxygens (including phenoxy) is 5. The van der Waals surface area contributed by atoms with Gasteiger partial charge in [-0.1, -0.05) is 0 Å². The number of carbonyl (C=O) groups is 3. The van der Waals surface area contributed by atoms with Gasteiger partial charge in [0.15, 0.2) is 18.4 Å². The second-order valence-electron chi connectivity index (χ2n) is 8.64. The van der Waals surface area contributed by atoms with Crippen LogP contribution in [0.2, 0.25) is 0 Å². The lowest BCUT2D eigenvalue weighted by Crippen LogP contribution is -2.42. The van der Waals surface area contributed by atoms with Crippen molar-refractivity contribution in [2.24, 2.45) is 0 Å². The van der Waals surface area contributed by atoms with E-state index < -0.39 is 77.0 Å². The monoisotopic (exact) mass is 570 g/mol. The molecule has 218 valence electrons. The van der Waals surface area contributed by atoms with Gasteiger partial charge in [0, 0.05) is 39.6 Å². The van der Waals surface area contributed by atoms with Crippen molar-refractivity contribution in [1.82, 2.24) is 19.1 Å². The molecule has 2 aromatic rings. The Labute approximate surface area is 223 Å². The summed E-state index contributed by atoms with van der Waals surface area (Å²) in [6.45, 7) is 3.73. The Morgan fingerprint density at radius 2 is 1.62 bits per heavy atom. The summed E-state index contributed by atoms with van der Waals surface area (Å²) in [7, 11) is 0. The number of nitrogens with zero attached hydrogens (tertiary/aromatic N) is 2. The fourth-order valence-electron chi connectivity index (χ4n) is 4.00. The van der Waals surface area contributed by atoms with Crippen molar-refractivity contribution in [3.05, 3.63) is 66.0 Å². The van der Waals surface area contributed by atoms with Crippen LogP contribution >= 0.6 is 0 Å². The van der Waals surface area contributed by atoms with Gasteiger partial charge in [-0.3, -0.25) is 43.1 Å². The number of aromatic amines is 2. The molecule has 0 aliphatic carbocycles. The molecular weight excluding hydrogens is 543 g/mol. The zero-order chi connectivity index (χ0) is 29.6. The van der Waals surface area contributed by atoms with E-state index in [1.54, 1.807) is 0 Å². The van der Waals surface area contributed by atoms with Crippen LogP contribution in [0.4, 0.5) is 4.39 Å². The first-order valence-electron chi connectivity index (χ1n) is 11.9. The molecule has 16 nitrogen and oxygen atoms in total. The van der Waals surface area contributed by atoms with Crippen molar-refractivity contribution in [3.63, 3.8) is 0 Å². The molecule has 5 atom stereocenters. The van der Waals surface area contributed by atoms with Crippen LogP contribution in [-0.4, -0.2) is 68.5 Å². The van der Waals surface area contributed by atoms with Crippen LogP contribution < -0.4 is 22.5 Å². The molecule has 0 bridgehead atoms. The molecule has 4 rings (SSSR count). The van der Waals surface area contributed by atoms with Gasteiger partial charge < -0.3 is 23.7 Å². The highest BCUT2D eigenvalue weighted by Gasteiger charge is 2.50. The number of nitrogens with one attached hydrogen (secondary N) is 2. The molecule has 4 heterocycles. The van der Waals surface area contributed by atoms with Crippen molar-refractivity contribution in [1.29, 1.82) is 0 Å². The van der Waals surface area contributed by atoms with E-state index in [-0.39, 0.29) is 6.61 Å². The first-order chi connectivity index (χ1) is 18.9. The predicted molar refractivity (Wildman–Crippen MR) is 128 cm³/mol. The normalized spacial score (nSPS) is 23.6. The zero-order valence-electron chi connectivity index (χ0n) is 21.6. The number of carbonyl (C=O) groups excluding carboxylic acids is 3. The Balaban J connectivity index is 0.000000263. The van der Waals surface area contributed by atoms with Crippen LogP contribution in [0, 0.1) is 5.82 Å². The van der Waals surface area contributed by atoms with E-state index in [0.29, 0.717) is 13.0 Å². The topological polar surface area (TPSA) is 207 Å². The highest BCUT2D eigenvalue weighted by atomic mass is 19.1. The van der Waals surface area contributed by atoms with E-state index in [1.807, 2.05) is 9.97 Å². The Bertz CT molecular complexity index is 1470. The molecule has 2 aromatic heterocycles. The number of esters is 3. The van der Waals surface area contributed by atoms with Gasteiger partial charge in [0.1, 0.15) is 18.9 Å². The van der Waals surface area contributed by atoms with E-state index in [4.69, 9.17) is 23.7 Å². The summed E-state index contributed by atoms with van der Waals surface area (Å²) in [6.07, 6.45) is -1.43. The van der Waals surface area contributed by atoms with E-state index in [2.05, 4.69) is 0 Å². The molecule has 2 N–H and O–H groups in total. The minimum absolute atomic E-state index is 0.292. The Morgan fingerprint density at radius 1 is 0.975 bits per heavy atom. The van der Waals surface area contributed by atoms with Crippen molar-refractivity contribution in [2.45, 2.75) is 64.4 Å². The van der Waals surface area contributed by atoms with Crippen LogP contribution in [0.5, 0.6) is 0 Å². The van der Waals surface area contributed by atoms with Gasteiger partial charge in [-0.2, -0.15) is 4.39 Å².